The molecule has 0 saturated carbocycles. The Morgan fingerprint density at radius 3 is 2.57 bits per heavy atom. The van der Waals surface area contributed by atoms with Gasteiger partial charge in [-0.15, -0.1) is 0 Å². The molecule has 3 atom stereocenters. The molecule has 0 aromatic heterocycles. The van der Waals surface area contributed by atoms with Crippen molar-refractivity contribution in [3.8, 4) is 5.75 Å². The van der Waals surface area contributed by atoms with Crippen LogP contribution in [0.3, 0.4) is 0 Å². The van der Waals surface area contributed by atoms with Crippen LogP contribution in [0.25, 0.3) is 0 Å². The predicted molar refractivity (Wildman–Crippen MR) is 107 cm³/mol. The Labute approximate surface area is 173 Å². The number of alkyl halides is 1. The van der Waals surface area contributed by atoms with Crippen LogP contribution in [-0.2, 0) is 11.3 Å². The predicted octanol–water partition coefficient (Wildman–Crippen LogP) is 3.91. The Balaban J connectivity index is 1.39. The number of hydrogen-bond acceptors (Lipinski definition) is 3. The lowest BCUT2D eigenvalue weighted by Crippen LogP contribution is -2.49. The molecule has 0 bridgehead atoms. The van der Waals surface area contributed by atoms with E-state index in [1.165, 1.54) is 18.2 Å². The van der Waals surface area contributed by atoms with Crippen molar-refractivity contribution in [2.45, 2.75) is 44.4 Å². The van der Waals surface area contributed by atoms with E-state index in [1.54, 1.807) is 24.0 Å². The van der Waals surface area contributed by atoms with E-state index in [2.05, 4.69) is 0 Å². The second-order valence-corrected chi connectivity index (χ2v) is 8.26. The van der Waals surface area contributed by atoms with Gasteiger partial charge in [-0.2, -0.15) is 0 Å². The van der Waals surface area contributed by atoms with Crippen LogP contribution < -0.4 is 0 Å². The van der Waals surface area contributed by atoms with Crippen molar-refractivity contribution in [2.75, 3.05) is 19.6 Å². The van der Waals surface area contributed by atoms with E-state index in [-0.39, 0.29) is 24.3 Å². The molecule has 160 valence electrons. The van der Waals surface area contributed by atoms with Crippen LogP contribution in [0.5, 0.6) is 5.75 Å². The number of likely N-dealkylation sites (tertiary alicyclic amines) is 2. The number of rotatable bonds is 4. The van der Waals surface area contributed by atoms with Gasteiger partial charge in [0.2, 0.25) is 5.91 Å². The number of phenolic OH excluding ortho intramolecular Hbond substituents is 1. The summed E-state index contributed by atoms with van der Waals surface area (Å²) in [5, 5.41) is 9.34. The first-order valence-electron chi connectivity index (χ1n) is 10.2. The molecule has 2 aliphatic rings. The molecular formula is C23H25F3N2O2. The van der Waals surface area contributed by atoms with Gasteiger partial charge in [0.15, 0.2) is 11.6 Å². The van der Waals surface area contributed by atoms with Gasteiger partial charge in [0.05, 0.1) is 6.04 Å². The zero-order valence-corrected chi connectivity index (χ0v) is 16.8. The molecule has 2 aromatic carbocycles. The Morgan fingerprint density at radius 2 is 1.87 bits per heavy atom. The lowest BCUT2D eigenvalue weighted by atomic mass is 9.87. The van der Waals surface area contributed by atoms with Crippen LogP contribution >= 0.6 is 0 Å². The normalized spacial score (nSPS) is 25.1. The number of nitrogens with zero attached hydrogens (tertiary/aromatic N) is 2. The average molecular weight is 418 g/mol. The molecule has 4 nitrogen and oxygen atoms in total. The second kappa shape index (κ2) is 8.30. The van der Waals surface area contributed by atoms with Crippen LogP contribution in [0.15, 0.2) is 36.4 Å². The summed E-state index contributed by atoms with van der Waals surface area (Å²) in [6.07, 6.45) is -0.146. The first-order valence-corrected chi connectivity index (χ1v) is 10.2. The van der Waals surface area contributed by atoms with Crippen molar-refractivity contribution in [1.82, 2.24) is 9.80 Å². The number of halogens is 3. The molecule has 2 aromatic rings. The zero-order valence-electron chi connectivity index (χ0n) is 16.8. The summed E-state index contributed by atoms with van der Waals surface area (Å²) in [6.45, 7) is 3.24. The molecule has 30 heavy (non-hydrogen) atoms. The molecule has 0 radical (unpaired) electrons. The summed E-state index contributed by atoms with van der Waals surface area (Å²) in [5.41, 5.74) is 1.83. The largest absolute Gasteiger partial charge is 0.505 e. The van der Waals surface area contributed by atoms with Gasteiger partial charge in [-0.3, -0.25) is 9.69 Å². The summed E-state index contributed by atoms with van der Waals surface area (Å²) in [4.78, 5) is 16.5. The molecule has 1 amide bonds. The zero-order chi connectivity index (χ0) is 21.4. The van der Waals surface area contributed by atoms with E-state index >= 15 is 0 Å². The van der Waals surface area contributed by atoms with Gasteiger partial charge in [0, 0.05) is 25.6 Å². The van der Waals surface area contributed by atoms with E-state index in [0.717, 1.165) is 5.56 Å². The smallest absolute Gasteiger partial charge is 0.240 e. The van der Waals surface area contributed by atoms with Crippen LogP contribution in [0.2, 0.25) is 0 Å². The van der Waals surface area contributed by atoms with Gasteiger partial charge >= 0.3 is 0 Å². The highest BCUT2D eigenvalue weighted by Gasteiger charge is 2.40. The fourth-order valence-corrected chi connectivity index (χ4v) is 4.51. The summed E-state index contributed by atoms with van der Waals surface area (Å²) >= 11 is 0. The number of piperidine rings is 1. The summed E-state index contributed by atoms with van der Waals surface area (Å²) in [7, 11) is 0. The number of amides is 1. The number of phenols is 1. The van der Waals surface area contributed by atoms with Gasteiger partial charge < -0.3 is 10.0 Å². The maximum absolute atomic E-state index is 14.9. The van der Waals surface area contributed by atoms with E-state index in [1.807, 2.05) is 11.0 Å². The molecular weight excluding hydrogens is 393 g/mol. The van der Waals surface area contributed by atoms with Crippen molar-refractivity contribution >= 4 is 5.91 Å². The summed E-state index contributed by atoms with van der Waals surface area (Å²) in [6, 6.07) is 8.58. The number of carbonyl (C=O) groups excluding carboxylic acids is 1. The number of aryl methyl sites for hydroxylation is 1. The maximum Gasteiger partial charge on any atom is 0.240 e. The molecule has 2 heterocycles. The monoisotopic (exact) mass is 418 g/mol. The molecule has 0 unspecified atom stereocenters. The molecule has 7 heteroatoms. The van der Waals surface area contributed by atoms with Gasteiger partial charge in [0.25, 0.3) is 0 Å². The number of benzene rings is 2. The number of aromatic hydroxyl groups is 1. The van der Waals surface area contributed by atoms with E-state index < -0.39 is 23.7 Å². The first-order chi connectivity index (χ1) is 14.3. The Morgan fingerprint density at radius 1 is 1.07 bits per heavy atom. The Kier molecular flexibility index (Phi) is 5.73. The SMILES string of the molecule is Cc1ccc(CN2CC[C@H](N3CC[C@@H](c4ccc(O)c(F)c4)[C@H](F)C3)C2=O)cc1F. The lowest BCUT2D eigenvalue weighted by molar-refractivity contribution is -0.133. The van der Waals surface area contributed by atoms with Crippen molar-refractivity contribution in [3.63, 3.8) is 0 Å². The molecule has 0 spiro atoms. The summed E-state index contributed by atoms with van der Waals surface area (Å²) in [5.74, 6) is -2.01. The van der Waals surface area contributed by atoms with Gasteiger partial charge in [-0.1, -0.05) is 18.2 Å². The molecule has 2 aliphatic heterocycles. The highest BCUT2D eigenvalue weighted by atomic mass is 19.1. The van der Waals surface area contributed by atoms with Gasteiger partial charge in [-0.25, -0.2) is 13.2 Å². The third kappa shape index (κ3) is 4.03. The Hall–Kier alpha value is -2.54. The number of carbonyl (C=O) groups is 1. The van der Waals surface area contributed by atoms with E-state index in [9.17, 15) is 23.1 Å². The molecule has 2 fully saturated rings. The van der Waals surface area contributed by atoms with Crippen LogP contribution in [0.1, 0.15) is 35.4 Å². The van der Waals surface area contributed by atoms with Crippen LogP contribution in [-0.4, -0.2) is 52.7 Å². The van der Waals surface area contributed by atoms with E-state index in [4.69, 9.17) is 0 Å². The fraction of sp³-hybridized carbons (Fsp3) is 0.435. The fourth-order valence-electron chi connectivity index (χ4n) is 4.51. The second-order valence-electron chi connectivity index (χ2n) is 8.26. The van der Waals surface area contributed by atoms with E-state index in [0.29, 0.717) is 43.6 Å². The van der Waals surface area contributed by atoms with Gasteiger partial charge in [-0.05, 0) is 61.2 Å². The minimum absolute atomic E-state index is 0.0580. The van der Waals surface area contributed by atoms with Crippen molar-refractivity contribution in [1.29, 1.82) is 0 Å². The van der Waals surface area contributed by atoms with Crippen molar-refractivity contribution in [3.05, 3.63) is 64.7 Å². The quantitative estimate of drug-likeness (QED) is 0.819. The minimum Gasteiger partial charge on any atom is -0.505 e. The van der Waals surface area contributed by atoms with Crippen molar-refractivity contribution in [2.24, 2.45) is 0 Å². The van der Waals surface area contributed by atoms with Crippen LogP contribution in [0, 0.1) is 18.6 Å². The number of hydrogen-bond donors (Lipinski definition) is 1. The Bertz CT molecular complexity index is 952. The topological polar surface area (TPSA) is 43.8 Å². The molecule has 0 aliphatic carbocycles. The minimum atomic E-state index is -1.23. The first kappa shape index (κ1) is 20.7. The maximum atomic E-state index is 14.9. The highest BCUT2D eigenvalue weighted by Crippen LogP contribution is 2.34. The molecule has 2 saturated heterocycles. The highest BCUT2D eigenvalue weighted by molar-refractivity contribution is 5.84. The van der Waals surface area contributed by atoms with Gasteiger partial charge in [0.1, 0.15) is 12.0 Å². The lowest BCUT2D eigenvalue weighted by Gasteiger charge is -2.37. The van der Waals surface area contributed by atoms with Crippen molar-refractivity contribution < 1.29 is 23.1 Å². The summed E-state index contributed by atoms with van der Waals surface area (Å²) < 4.78 is 42.4. The third-order valence-electron chi connectivity index (χ3n) is 6.29. The standard InChI is InChI=1S/C23H25F3N2O2/c1-14-2-3-15(10-18(14)24)12-28-9-7-21(23(28)30)27-8-6-17(20(26)13-27)16-4-5-22(29)19(25)11-16/h2-5,10-11,17,20-21,29H,6-9,12-13H2,1H3/t17-,20+,21-/m0/s1. The molecule has 1 N–H and O–H groups in total. The molecule has 4 rings (SSSR count). The van der Waals surface area contributed by atoms with Crippen LogP contribution in [0.4, 0.5) is 13.2 Å². The third-order valence-corrected chi connectivity index (χ3v) is 6.29. The average Bonchev–Trinajstić information content (AvgIpc) is 3.07.